The summed E-state index contributed by atoms with van der Waals surface area (Å²) in [6.45, 7) is 4.80. The van der Waals surface area contributed by atoms with E-state index in [1.807, 2.05) is 25.1 Å². The number of hydrogen-bond acceptors (Lipinski definition) is 6. The number of piperidine rings is 1. The molecule has 1 aromatic heterocycles. The number of anilines is 1. The van der Waals surface area contributed by atoms with Crippen LogP contribution in [0, 0.1) is 6.92 Å². The maximum atomic E-state index is 11.5. The van der Waals surface area contributed by atoms with Gasteiger partial charge in [-0.25, -0.2) is 18.4 Å². The largest absolute Gasteiger partial charge is 0.351 e. The topological polar surface area (TPSA) is 75.2 Å². The summed E-state index contributed by atoms with van der Waals surface area (Å²) in [4.78, 5) is 11.4. The molecule has 0 spiro atoms. The van der Waals surface area contributed by atoms with Crippen molar-refractivity contribution in [2.75, 3.05) is 24.7 Å². The Kier molecular flexibility index (Phi) is 5.34. The Labute approximate surface area is 149 Å². The fourth-order valence-corrected chi connectivity index (χ4v) is 3.67. The number of benzene rings is 1. The first kappa shape index (κ1) is 17.8. The molecule has 1 aliphatic heterocycles. The molecule has 3 rings (SSSR count). The van der Waals surface area contributed by atoms with Crippen LogP contribution in [0.25, 0.3) is 0 Å². The summed E-state index contributed by atoms with van der Waals surface area (Å²) in [7, 11) is -3.13. The summed E-state index contributed by atoms with van der Waals surface area (Å²) >= 11 is 0. The van der Waals surface area contributed by atoms with Gasteiger partial charge >= 0.3 is 0 Å². The minimum Gasteiger partial charge on any atom is -0.351 e. The van der Waals surface area contributed by atoms with Gasteiger partial charge in [-0.15, -0.1) is 0 Å². The lowest BCUT2D eigenvalue weighted by molar-refractivity contribution is 0.211. The molecule has 6 nitrogen and oxygen atoms in total. The van der Waals surface area contributed by atoms with Crippen molar-refractivity contribution >= 4 is 15.8 Å². The van der Waals surface area contributed by atoms with Crippen molar-refractivity contribution < 1.29 is 8.42 Å². The van der Waals surface area contributed by atoms with E-state index in [-0.39, 0.29) is 0 Å². The minimum atomic E-state index is -3.13. The van der Waals surface area contributed by atoms with Crippen LogP contribution in [0.3, 0.4) is 0 Å². The quantitative estimate of drug-likeness (QED) is 0.882. The van der Waals surface area contributed by atoms with Crippen molar-refractivity contribution in [2.24, 2.45) is 0 Å². The Morgan fingerprint density at radius 1 is 1.16 bits per heavy atom. The zero-order valence-corrected chi connectivity index (χ0v) is 15.5. The normalized spacial score (nSPS) is 16.7. The molecule has 1 N–H and O–H groups in total. The van der Waals surface area contributed by atoms with E-state index in [0.717, 1.165) is 43.7 Å². The third-order valence-electron chi connectivity index (χ3n) is 4.47. The van der Waals surface area contributed by atoms with Crippen LogP contribution < -0.4 is 5.32 Å². The average Bonchev–Trinajstić information content (AvgIpc) is 2.56. The second-order valence-electron chi connectivity index (χ2n) is 6.63. The van der Waals surface area contributed by atoms with Crippen LogP contribution in [0.4, 0.5) is 5.95 Å². The van der Waals surface area contributed by atoms with Crippen molar-refractivity contribution in [2.45, 2.75) is 37.2 Å². The van der Waals surface area contributed by atoms with Gasteiger partial charge in [-0.05, 0) is 43.5 Å². The van der Waals surface area contributed by atoms with Crippen molar-refractivity contribution in [3.05, 3.63) is 47.8 Å². The SMILES string of the molecule is Cc1ccnc(NC2CCN(Cc3ccc(S(C)(=O)=O)cc3)CC2)n1. The molecule has 0 amide bonds. The van der Waals surface area contributed by atoms with Gasteiger partial charge in [0.1, 0.15) is 0 Å². The van der Waals surface area contributed by atoms with Gasteiger partial charge in [0, 0.05) is 43.8 Å². The first-order chi connectivity index (χ1) is 11.9. The molecule has 1 aliphatic rings. The highest BCUT2D eigenvalue weighted by Gasteiger charge is 2.20. The van der Waals surface area contributed by atoms with Gasteiger partial charge in [-0.3, -0.25) is 4.90 Å². The number of rotatable bonds is 5. The van der Waals surface area contributed by atoms with Crippen molar-refractivity contribution in [3.8, 4) is 0 Å². The van der Waals surface area contributed by atoms with Crippen molar-refractivity contribution in [3.63, 3.8) is 0 Å². The lowest BCUT2D eigenvalue weighted by atomic mass is 10.0. The summed E-state index contributed by atoms with van der Waals surface area (Å²) in [5, 5.41) is 3.41. The third-order valence-corrected chi connectivity index (χ3v) is 5.60. The van der Waals surface area contributed by atoms with E-state index in [1.165, 1.54) is 6.26 Å². The number of aryl methyl sites for hydroxylation is 1. The summed E-state index contributed by atoms with van der Waals surface area (Å²) in [6, 6.07) is 9.47. The van der Waals surface area contributed by atoms with Crippen LogP contribution in [-0.4, -0.2) is 48.7 Å². The summed E-state index contributed by atoms with van der Waals surface area (Å²) in [6.07, 6.45) is 5.09. The lowest BCUT2D eigenvalue weighted by Crippen LogP contribution is -2.39. The van der Waals surface area contributed by atoms with Gasteiger partial charge in [0.15, 0.2) is 9.84 Å². The summed E-state index contributed by atoms with van der Waals surface area (Å²) < 4.78 is 23.0. The van der Waals surface area contributed by atoms with Gasteiger partial charge in [-0.1, -0.05) is 12.1 Å². The first-order valence-corrected chi connectivity index (χ1v) is 10.4. The molecule has 1 saturated heterocycles. The van der Waals surface area contributed by atoms with Crippen LogP contribution in [0.1, 0.15) is 24.1 Å². The standard InChI is InChI=1S/C18H24N4O2S/c1-14-7-10-19-18(20-14)21-16-8-11-22(12-9-16)13-15-3-5-17(6-4-15)25(2,23)24/h3-7,10,16H,8-9,11-13H2,1-2H3,(H,19,20,21). The summed E-state index contributed by atoms with van der Waals surface area (Å²) in [5.74, 6) is 0.704. The van der Waals surface area contributed by atoms with Gasteiger partial charge < -0.3 is 5.32 Å². The number of sulfone groups is 1. The van der Waals surface area contributed by atoms with Crippen molar-refractivity contribution in [1.29, 1.82) is 0 Å². The molecule has 0 atom stereocenters. The average molecular weight is 360 g/mol. The highest BCUT2D eigenvalue weighted by atomic mass is 32.2. The number of nitrogens with one attached hydrogen (secondary N) is 1. The van der Waals surface area contributed by atoms with E-state index in [1.54, 1.807) is 18.3 Å². The fourth-order valence-electron chi connectivity index (χ4n) is 3.04. The second-order valence-corrected chi connectivity index (χ2v) is 8.65. The Balaban J connectivity index is 1.51. The minimum absolute atomic E-state index is 0.373. The summed E-state index contributed by atoms with van der Waals surface area (Å²) in [5.41, 5.74) is 2.10. The Bertz CT molecular complexity index is 813. The van der Waals surface area contributed by atoms with Gasteiger partial charge in [-0.2, -0.15) is 0 Å². The van der Waals surface area contributed by atoms with Crippen LogP contribution in [0.2, 0.25) is 0 Å². The zero-order valence-electron chi connectivity index (χ0n) is 14.6. The lowest BCUT2D eigenvalue weighted by Gasteiger charge is -2.32. The Hall–Kier alpha value is -1.99. The van der Waals surface area contributed by atoms with Crippen molar-refractivity contribution in [1.82, 2.24) is 14.9 Å². The molecule has 2 heterocycles. The number of aromatic nitrogens is 2. The van der Waals surface area contributed by atoms with E-state index in [9.17, 15) is 8.42 Å². The smallest absolute Gasteiger partial charge is 0.223 e. The van der Waals surface area contributed by atoms with E-state index in [0.29, 0.717) is 16.9 Å². The predicted molar refractivity (Wildman–Crippen MR) is 98.2 cm³/mol. The van der Waals surface area contributed by atoms with E-state index >= 15 is 0 Å². The molecule has 0 aliphatic carbocycles. The highest BCUT2D eigenvalue weighted by Crippen LogP contribution is 2.18. The van der Waals surface area contributed by atoms with E-state index in [4.69, 9.17) is 0 Å². The molecular weight excluding hydrogens is 336 g/mol. The Morgan fingerprint density at radius 2 is 1.84 bits per heavy atom. The Morgan fingerprint density at radius 3 is 2.44 bits per heavy atom. The van der Waals surface area contributed by atoms with Gasteiger partial charge in [0.2, 0.25) is 5.95 Å². The molecule has 0 bridgehead atoms. The first-order valence-electron chi connectivity index (χ1n) is 8.48. The monoisotopic (exact) mass is 360 g/mol. The third kappa shape index (κ3) is 4.99. The van der Waals surface area contributed by atoms with Gasteiger partial charge in [0.25, 0.3) is 0 Å². The molecule has 0 radical (unpaired) electrons. The fraction of sp³-hybridized carbons (Fsp3) is 0.444. The maximum absolute atomic E-state index is 11.5. The van der Waals surface area contributed by atoms with Crippen LogP contribution >= 0.6 is 0 Å². The molecule has 25 heavy (non-hydrogen) atoms. The molecule has 2 aromatic rings. The maximum Gasteiger partial charge on any atom is 0.223 e. The number of nitrogens with zero attached hydrogens (tertiary/aromatic N) is 3. The van der Waals surface area contributed by atoms with Crippen LogP contribution in [-0.2, 0) is 16.4 Å². The number of hydrogen-bond donors (Lipinski definition) is 1. The zero-order chi connectivity index (χ0) is 17.9. The molecule has 134 valence electrons. The molecule has 0 saturated carbocycles. The molecule has 1 fully saturated rings. The molecule has 0 unspecified atom stereocenters. The number of likely N-dealkylation sites (tertiary alicyclic amines) is 1. The highest BCUT2D eigenvalue weighted by molar-refractivity contribution is 7.90. The van der Waals surface area contributed by atoms with E-state index < -0.39 is 9.84 Å². The van der Waals surface area contributed by atoms with E-state index in [2.05, 4.69) is 20.2 Å². The van der Waals surface area contributed by atoms with Gasteiger partial charge in [0.05, 0.1) is 4.90 Å². The predicted octanol–water partition coefficient (Wildman–Crippen LogP) is 2.27. The van der Waals surface area contributed by atoms with Crippen LogP contribution in [0.15, 0.2) is 41.4 Å². The molecular formula is C18H24N4O2S. The molecule has 7 heteroatoms. The molecule has 1 aromatic carbocycles. The second kappa shape index (κ2) is 7.49. The van der Waals surface area contributed by atoms with Crippen LogP contribution in [0.5, 0.6) is 0 Å².